The van der Waals surface area contributed by atoms with Crippen LogP contribution in [0.25, 0.3) is 0 Å². The highest BCUT2D eigenvalue weighted by Crippen LogP contribution is 2.21. The van der Waals surface area contributed by atoms with Crippen LogP contribution in [0, 0.1) is 0 Å². The van der Waals surface area contributed by atoms with Crippen LogP contribution in [0.4, 0.5) is 5.69 Å². The lowest BCUT2D eigenvalue weighted by atomic mass is 9.96. The molecule has 17 heavy (non-hydrogen) atoms. The standard InChI is InChI=1S/C14H21NO2/c1-4-10-14(3,13(16)17)15-12-8-6-11(5-2)7-9-12/h6-9,15H,4-5,10H2,1-3H3,(H,16,17). The second-order valence-corrected chi connectivity index (χ2v) is 4.56. The molecule has 0 spiro atoms. The van der Waals surface area contributed by atoms with Gasteiger partial charge >= 0.3 is 5.97 Å². The molecule has 0 aliphatic carbocycles. The van der Waals surface area contributed by atoms with Gasteiger partial charge in [-0.1, -0.05) is 32.4 Å². The molecular formula is C14H21NO2. The van der Waals surface area contributed by atoms with Crippen LogP contribution in [0.2, 0.25) is 0 Å². The minimum absolute atomic E-state index is 0.609. The van der Waals surface area contributed by atoms with Gasteiger partial charge in [-0.05, 0) is 37.5 Å². The first-order chi connectivity index (χ1) is 8.01. The molecule has 0 heterocycles. The van der Waals surface area contributed by atoms with E-state index in [1.807, 2.05) is 31.2 Å². The van der Waals surface area contributed by atoms with Crippen LogP contribution in [0.15, 0.2) is 24.3 Å². The van der Waals surface area contributed by atoms with Crippen LogP contribution in [-0.4, -0.2) is 16.6 Å². The number of carboxylic acids is 1. The largest absolute Gasteiger partial charge is 0.480 e. The average Bonchev–Trinajstić information content (AvgIpc) is 2.30. The highest BCUT2D eigenvalue weighted by Gasteiger charge is 2.31. The third-order valence-electron chi connectivity index (χ3n) is 3.00. The van der Waals surface area contributed by atoms with Crippen molar-refractivity contribution < 1.29 is 9.90 Å². The molecule has 1 aromatic rings. The van der Waals surface area contributed by atoms with Gasteiger partial charge < -0.3 is 10.4 Å². The van der Waals surface area contributed by atoms with Gasteiger partial charge in [0.2, 0.25) is 0 Å². The molecule has 0 saturated heterocycles. The Morgan fingerprint density at radius 2 is 1.88 bits per heavy atom. The number of hydrogen-bond acceptors (Lipinski definition) is 2. The average molecular weight is 235 g/mol. The summed E-state index contributed by atoms with van der Waals surface area (Å²) < 4.78 is 0. The molecule has 0 aliphatic heterocycles. The van der Waals surface area contributed by atoms with Gasteiger partial charge in [0.1, 0.15) is 5.54 Å². The summed E-state index contributed by atoms with van der Waals surface area (Å²) >= 11 is 0. The molecule has 0 saturated carbocycles. The van der Waals surface area contributed by atoms with Crippen molar-refractivity contribution >= 4 is 11.7 Å². The molecule has 0 fully saturated rings. The third kappa shape index (κ3) is 3.48. The predicted molar refractivity (Wildman–Crippen MR) is 70.4 cm³/mol. The fourth-order valence-electron chi connectivity index (χ4n) is 1.87. The molecule has 1 atom stereocenters. The van der Waals surface area contributed by atoms with Gasteiger partial charge in [-0.15, -0.1) is 0 Å². The molecule has 1 aromatic carbocycles. The van der Waals surface area contributed by atoms with Gasteiger partial charge in [0.25, 0.3) is 0 Å². The van der Waals surface area contributed by atoms with Crippen molar-refractivity contribution in [3.63, 3.8) is 0 Å². The third-order valence-corrected chi connectivity index (χ3v) is 3.00. The summed E-state index contributed by atoms with van der Waals surface area (Å²) in [6.45, 7) is 5.82. The fraction of sp³-hybridized carbons (Fsp3) is 0.500. The summed E-state index contributed by atoms with van der Waals surface area (Å²) in [5.74, 6) is -0.807. The van der Waals surface area contributed by atoms with Gasteiger partial charge in [0.05, 0.1) is 0 Å². The zero-order chi connectivity index (χ0) is 12.9. The highest BCUT2D eigenvalue weighted by atomic mass is 16.4. The van der Waals surface area contributed by atoms with E-state index in [0.29, 0.717) is 6.42 Å². The van der Waals surface area contributed by atoms with Gasteiger partial charge in [-0.2, -0.15) is 0 Å². The highest BCUT2D eigenvalue weighted by molar-refractivity contribution is 5.82. The monoisotopic (exact) mass is 235 g/mol. The van der Waals surface area contributed by atoms with Crippen molar-refractivity contribution in [2.45, 2.75) is 45.6 Å². The van der Waals surface area contributed by atoms with E-state index in [9.17, 15) is 9.90 Å². The Morgan fingerprint density at radius 1 is 1.29 bits per heavy atom. The van der Waals surface area contributed by atoms with E-state index in [4.69, 9.17) is 0 Å². The van der Waals surface area contributed by atoms with E-state index in [-0.39, 0.29) is 0 Å². The molecule has 0 aromatic heterocycles. The number of carbonyl (C=O) groups is 1. The molecule has 94 valence electrons. The summed E-state index contributed by atoms with van der Waals surface area (Å²) in [6.07, 6.45) is 2.44. The minimum atomic E-state index is -0.886. The first-order valence-corrected chi connectivity index (χ1v) is 6.12. The quantitative estimate of drug-likeness (QED) is 0.795. The van der Waals surface area contributed by atoms with Crippen LogP contribution >= 0.6 is 0 Å². The Balaban J connectivity index is 2.82. The predicted octanol–water partition coefficient (Wildman–Crippen LogP) is 3.30. The summed E-state index contributed by atoms with van der Waals surface area (Å²) in [5, 5.41) is 12.4. The van der Waals surface area contributed by atoms with E-state index in [0.717, 1.165) is 18.5 Å². The van der Waals surface area contributed by atoms with E-state index >= 15 is 0 Å². The maximum atomic E-state index is 11.3. The number of nitrogens with one attached hydrogen (secondary N) is 1. The summed E-state index contributed by atoms with van der Waals surface area (Å²) in [4.78, 5) is 11.3. The summed E-state index contributed by atoms with van der Waals surface area (Å²) in [6, 6.07) is 7.93. The van der Waals surface area contributed by atoms with Gasteiger partial charge in [0.15, 0.2) is 0 Å². The van der Waals surface area contributed by atoms with E-state index in [1.54, 1.807) is 6.92 Å². The fourth-order valence-corrected chi connectivity index (χ4v) is 1.87. The first-order valence-electron chi connectivity index (χ1n) is 6.12. The number of rotatable bonds is 6. The number of anilines is 1. The van der Waals surface area contributed by atoms with Gasteiger partial charge in [-0.25, -0.2) is 4.79 Å². The Bertz CT molecular complexity index is 372. The van der Waals surface area contributed by atoms with Crippen molar-refractivity contribution in [2.75, 3.05) is 5.32 Å². The van der Waals surface area contributed by atoms with Crippen LogP contribution in [0.1, 0.15) is 39.2 Å². The van der Waals surface area contributed by atoms with Crippen molar-refractivity contribution in [3.05, 3.63) is 29.8 Å². The Kier molecular flexibility index (Phi) is 4.55. The number of aryl methyl sites for hydroxylation is 1. The lowest BCUT2D eigenvalue weighted by Crippen LogP contribution is -2.43. The molecule has 0 radical (unpaired) electrons. The molecule has 0 amide bonds. The number of benzene rings is 1. The number of carboxylic acid groups (broad SMARTS) is 1. The molecule has 0 aliphatic rings. The zero-order valence-corrected chi connectivity index (χ0v) is 10.8. The van der Waals surface area contributed by atoms with Crippen molar-refractivity contribution in [3.8, 4) is 0 Å². The molecular weight excluding hydrogens is 214 g/mol. The molecule has 1 unspecified atom stereocenters. The van der Waals surface area contributed by atoms with Crippen molar-refractivity contribution in [1.29, 1.82) is 0 Å². The molecule has 1 rings (SSSR count). The van der Waals surface area contributed by atoms with Crippen LogP contribution in [0.3, 0.4) is 0 Å². The van der Waals surface area contributed by atoms with Crippen LogP contribution in [0.5, 0.6) is 0 Å². The normalized spacial score (nSPS) is 14.1. The molecule has 0 bridgehead atoms. The zero-order valence-electron chi connectivity index (χ0n) is 10.8. The van der Waals surface area contributed by atoms with Gasteiger partial charge in [-0.3, -0.25) is 0 Å². The SMILES string of the molecule is CCCC(C)(Nc1ccc(CC)cc1)C(=O)O. The maximum absolute atomic E-state index is 11.3. The Hall–Kier alpha value is -1.51. The van der Waals surface area contributed by atoms with E-state index in [2.05, 4.69) is 12.2 Å². The van der Waals surface area contributed by atoms with E-state index < -0.39 is 11.5 Å². The van der Waals surface area contributed by atoms with Gasteiger partial charge in [0, 0.05) is 5.69 Å². The van der Waals surface area contributed by atoms with Crippen LogP contribution < -0.4 is 5.32 Å². The number of aliphatic carboxylic acids is 1. The molecule has 3 heteroatoms. The Labute approximate surface area is 103 Å². The second-order valence-electron chi connectivity index (χ2n) is 4.56. The lowest BCUT2D eigenvalue weighted by molar-refractivity contribution is -0.141. The van der Waals surface area contributed by atoms with Crippen molar-refractivity contribution in [1.82, 2.24) is 0 Å². The van der Waals surface area contributed by atoms with E-state index in [1.165, 1.54) is 5.56 Å². The molecule has 3 nitrogen and oxygen atoms in total. The first kappa shape index (κ1) is 13.6. The number of hydrogen-bond donors (Lipinski definition) is 2. The topological polar surface area (TPSA) is 49.3 Å². The van der Waals surface area contributed by atoms with Crippen molar-refractivity contribution in [2.24, 2.45) is 0 Å². The summed E-state index contributed by atoms with van der Waals surface area (Å²) in [5.41, 5.74) is 1.23. The summed E-state index contributed by atoms with van der Waals surface area (Å²) in [7, 11) is 0. The molecule has 2 N–H and O–H groups in total. The maximum Gasteiger partial charge on any atom is 0.329 e. The second kappa shape index (κ2) is 5.71. The minimum Gasteiger partial charge on any atom is -0.480 e. The smallest absolute Gasteiger partial charge is 0.329 e. The lowest BCUT2D eigenvalue weighted by Gasteiger charge is -2.27. The van der Waals surface area contributed by atoms with Crippen LogP contribution in [-0.2, 0) is 11.2 Å². The Morgan fingerprint density at radius 3 is 2.29 bits per heavy atom.